The standard InChI is InChI=1S/C19H18N2O3S2/c1-21(11-13-5-7-14(8-6-13)19(23)24-2)17(22)10-15-12-26-18(20-15)16-4-3-9-25-16/h3-9,12H,10-11H2,1-2H3. The first-order valence-corrected chi connectivity index (χ1v) is 9.72. The molecule has 3 rings (SSSR count). The first kappa shape index (κ1) is 18.3. The van der Waals surface area contributed by atoms with Crippen molar-refractivity contribution in [3.63, 3.8) is 0 Å². The van der Waals surface area contributed by atoms with Crippen molar-refractivity contribution in [1.82, 2.24) is 9.88 Å². The minimum Gasteiger partial charge on any atom is -0.465 e. The molecule has 0 unspecified atom stereocenters. The van der Waals surface area contributed by atoms with E-state index >= 15 is 0 Å². The summed E-state index contributed by atoms with van der Waals surface area (Å²) >= 11 is 3.20. The van der Waals surface area contributed by atoms with Gasteiger partial charge in [0.25, 0.3) is 0 Å². The van der Waals surface area contributed by atoms with E-state index in [0.717, 1.165) is 21.1 Å². The van der Waals surface area contributed by atoms with Gasteiger partial charge in [0.2, 0.25) is 5.91 Å². The van der Waals surface area contributed by atoms with Crippen LogP contribution in [0.2, 0.25) is 0 Å². The average Bonchev–Trinajstić information content (AvgIpc) is 3.33. The highest BCUT2D eigenvalue weighted by Gasteiger charge is 2.14. The van der Waals surface area contributed by atoms with E-state index in [1.165, 1.54) is 7.11 Å². The first-order chi connectivity index (χ1) is 12.6. The van der Waals surface area contributed by atoms with Crippen molar-refractivity contribution in [2.24, 2.45) is 0 Å². The number of carbonyl (C=O) groups excluding carboxylic acids is 2. The Hall–Kier alpha value is -2.51. The summed E-state index contributed by atoms with van der Waals surface area (Å²) in [6.45, 7) is 0.474. The Morgan fingerprint density at radius 1 is 1.15 bits per heavy atom. The van der Waals surface area contributed by atoms with E-state index in [9.17, 15) is 9.59 Å². The zero-order valence-corrected chi connectivity index (χ0v) is 16.1. The fraction of sp³-hybridized carbons (Fsp3) is 0.211. The van der Waals surface area contributed by atoms with Crippen molar-refractivity contribution >= 4 is 34.6 Å². The maximum absolute atomic E-state index is 12.5. The number of nitrogens with zero attached hydrogens (tertiary/aromatic N) is 2. The molecule has 5 nitrogen and oxygen atoms in total. The third kappa shape index (κ3) is 4.36. The summed E-state index contributed by atoms with van der Waals surface area (Å²) in [4.78, 5) is 31.2. The lowest BCUT2D eigenvalue weighted by Crippen LogP contribution is -2.27. The predicted octanol–water partition coefficient (Wildman–Crippen LogP) is 3.86. The molecule has 0 N–H and O–H groups in total. The number of amides is 1. The quantitative estimate of drug-likeness (QED) is 0.604. The highest BCUT2D eigenvalue weighted by molar-refractivity contribution is 7.20. The molecular formula is C19H18N2O3S2. The van der Waals surface area contributed by atoms with Gasteiger partial charge in [-0.2, -0.15) is 0 Å². The number of hydrogen-bond donors (Lipinski definition) is 0. The van der Waals surface area contributed by atoms with Gasteiger partial charge < -0.3 is 9.64 Å². The SMILES string of the molecule is COC(=O)c1ccc(CN(C)C(=O)Cc2csc(-c3cccs3)n2)cc1. The molecule has 0 atom stereocenters. The summed E-state index contributed by atoms with van der Waals surface area (Å²) in [5, 5.41) is 4.90. The molecule has 0 saturated carbocycles. The number of esters is 1. The topological polar surface area (TPSA) is 59.5 Å². The van der Waals surface area contributed by atoms with Gasteiger partial charge in [0, 0.05) is 19.0 Å². The van der Waals surface area contributed by atoms with Gasteiger partial charge in [-0.15, -0.1) is 22.7 Å². The summed E-state index contributed by atoms with van der Waals surface area (Å²) in [5.41, 5.74) is 2.23. The van der Waals surface area contributed by atoms with Crippen LogP contribution < -0.4 is 0 Å². The Morgan fingerprint density at radius 3 is 2.58 bits per heavy atom. The van der Waals surface area contributed by atoms with Crippen LogP contribution in [0.4, 0.5) is 0 Å². The third-order valence-electron chi connectivity index (χ3n) is 3.84. The number of likely N-dealkylation sites (N-methyl/N-ethyl adjacent to an activating group) is 1. The smallest absolute Gasteiger partial charge is 0.337 e. The first-order valence-electron chi connectivity index (χ1n) is 7.96. The van der Waals surface area contributed by atoms with E-state index in [4.69, 9.17) is 0 Å². The number of benzene rings is 1. The van der Waals surface area contributed by atoms with Crippen LogP contribution in [0.3, 0.4) is 0 Å². The Labute approximate surface area is 159 Å². The van der Waals surface area contributed by atoms with Crippen molar-refractivity contribution < 1.29 is 14.3 Å². The van der Waals surface area contributed by atoms with E-state index in [1.807, 2.05) is 35.0 Å². The molecule has 0 radical (unpaired) electrons. The summed E-state index contributed by atoms with van der Waals surface area (Å²) in [7, 11) is 3.12. The molecule has 0 aliphatic rings. The van der Waals surface area contributed by atoms with E-state index in [1.54, 1.807) is 46.8 Å². The van der Waals surface area contributed by atoms with Gasteiger partial charge in [0.15, 0.2) is 0 Å². The molecule has 2 aromatic heterocycles. The molecule has 0 saturated heterocycles. The van der Waals surface area contributed by atoms with Crippen LogP contribution in [0.5, 0.6) is 0 Å². The minimum atomic E-state index is -0.369. The maximum Gasteiger partial charge on any atom is 0.337 e. The zero-order valence-electron chi connectivity index (χ0n) is 14.5. The molecule has 7 heteroatoms. The Morgan fingerprint density at radius 2 is 1.92 bits per heavy atom. The van der Waals surface area contributed by atoms with Crippen LogP contribution >= 0.6 is 22.7 Å². The fourth-order valence-electron chi connectivity index (χ4n) is 2.42. The number of ether oxygens (including phenoxy) is 1. The monoisotopic (exact) mass is 386 g/mol. The molecule has 1 amide bonds. The molecule has 1 aromatic carbocycles. The number of thiazole rings is 1. The second-order valence-corrected chi connectivity index (χ2v) is 7.54. The molecule has 0 spiro atoms. The zero-order chi connectivity index (χ0) is 18.5. The number of thiophene rings is 1. The summed E-state index contributed by atoms with van der Waals surface area (Å²) in [6, 6.07) is 11.1. The minimum absolute atomic E-state index is 0.00470. The highest BCUT2D eigenvalue weighted by Crippen LogP contribution is 2.28. The summed E-state index contributed by atoms with van der Waals surface area (Å²) in [5.74, 6) is -0.365. The molecule has 0 bridgehead atoms. The molecular weight excluding hydrogens is 368 g/mol. The van der Waals surface area contributed by atoms with Gasteiger partial charge in [-0.05, 0) is 29.1 Å². The van der Waals surface area contributed by atoms with Crippen molar-refractivity contribution in [2.75, 3.05) is 14.2 Å². The summed E-state index contributed by atoms with van der Waals surface area (Å²) in [6.07, 6.45) is 0.276. The maximum atomic E-state index is 12.5. The number of aromatic nitrogens is 1. The molecule has 0 aliphatic carbocycles. The van der Waals surface area contributed by atoms with Crippen LogP contribution in [-0.2, 0) is 22.5 Å². The van der Waals surface area contributed by atoms with Crippen LogP contribution in [0.25, 0.3) is 9.88 Å². The lowest BCUT2D eigenvalue weighted by atomic mass is 10.1. The molecule has 2 heterocycles. The van der Waals surface area contributed by atoms with Gasteiger partial charge in [-0.3, -0.25) is 4.79 Å². The average molecular weight is 386 g/mol. The van der Waals surface area contributed by atoms with E-state index in [-0.39, 0.29) is 18.3 Å². The Kier molecular flexibility index (Phi) is 5.80. The lowest BCUT2D eigenvalue weighted by Gasteiger charge is -2.17. The normalized spacial score (nSPS) is 10.5. The van der Waals surface area contributed by atoms with Gasteiger partial charge in [0.1, 0.15) is 5.01 Å². The van der Waals surface area contributed by atoms with Gasteiger partial charge in [-0.1, -0.05) is 18.2 Å². The summed E-state index contributed by atoms with van der Waals surface area (Å²) < 4.78 is 4.68. The third-order valence-corrected chi connectivity index (χ3v) is 5.77. The number of hydrogen-bond acceptors (Lipinski definition) is 6. The molecule has 3 aromatic rings. The van der Waals surface area contributed by atoms with E-state index in [2.05, 4.69) is 9.72 Å². The van der Waals surface area contributed by atoms with Crippen LogP contribution in [0, 0.1) is 0 Å². The van der Waals surface area contributed by atoms with Gasteiger partial charge in [-0.25, -0.2) is 9.78 Å². The predicted molar refractivity (Wildman–Crippen MR) is 103 cm³/mol. The Bertz CT molecular complexity index is 886. The van der Waals surface area contributed by atoms with Crippen LogP contribution in [-0.4, -0.2) is 35.9 Å². The van der Waals surface area contributed by atoms with E-state index in [0.29, 0.717) is 12.1 Å². The molecule has 0 fully saturated rings. The molecule has 134 valence electrons. The van der Waals surface area contributed by atoms with Crippen LogP contribution in [0.1, 0.15) is 21.6 Å². The molecule has 0 aliphatic heterocycles. The number of carbonyl (C=O) groups is 2. The van der Waals surface area contributed by atoms with Crippen molar-refractivity contribution in [1.29, 1.82) is 0 Å². The fourth-order valence-corrected chi connectivity index (χ4v) is 4.05. The molecule has 26 heavy (non-hydrogen) atoms. The lowest BCUT2D eigenvalue weighted by molar-refractivity contribution is -0.129. The number of methoxy groups -OCH3 is 1. The van der Waals surface area contributed by atoms with Crippen molar-refractivity contribution in [2.45, 2.75) is 13.0 Å². The second-order valence-electron chi connectivity index (χ2n) is 5.74. The van der Waals surface area contributed by atoms with Gasteiger partial charge >= 0.3 is 5.97 Å². The van der Waals surface area contributed by atoms with Gasteiger partial charge in [0.05, 0.1) is 29.7 Å². The van der Waals surface area contributed by atoms with Crippen molar-refractivity contribution in [3.8, 4) is 9.88 Å². The largest absolute Gasteiger partial charge is 0.465 e. The number of rotatable bonds is 6. The Balaban J connectivity index is 1.58. The van der Waals surface area contributed by atoms with Crippen LogP contribution in [0.15, 0.2) is 47.2 Å². The van der Waals surface area contributed by atoms with E-state index < -0.39 is 0 Å². The van der Waals surface area contributed by atoms with Crippen molar-refractivity contribution in [3.05, 3.63) is 64.0 Å². The second kappa shape index (κ2) is 8.25. The highest BCUT2D eigenvalue weighted by atomic mass is 32.1.